The molecule has 4 aromatic carbocycles. The number of ether oxygens (including phenoxy) is 2. The molecule has 16 heteroatoms. The summed E-state index contributed by atoms with van der Waals surface area (Å²) >= 11 is 0. The molecule has 54 heavy (non-hydrogen) atoms. The number of carbonyl (C=O) groups excluding carboxylic acids is 2. The molecule has 0 aliphatic heterocycles. The van der Waals surface area contributed by atoms with E-state index in [1.807, 2.05) is 109 Å². The number of hydrogen-bond donors (Lipinski definition) is 0. The van der Waals surface area contributed by atoms with Crippen LogP contribution in [-0.2, 0) is 40.6 Å². The molecule has 2 atom stereocenters. The van der Waals surface area contributed by atoms with Crippen molar-refractivity contribution in [2.24, 2.45) is 0 Å². The fraction of sp³-hybridized carbons (Fsp3) is 0.316. The molecule has 12 nitrogen and oxygen atoms in total. The van der Waals surface area contributed by atoms with E-state index in [-0.39, 0.29) is 119 Å². The molecule has 0 saturated carbocycles. The van der Waals surface area contributed by atoms with Crippen LogP contribution in [-0.4, -0.2) is 61.7 Å². The van der Waals surface area contributed by atoms with Gasteiger partial charge in [-0.2, -0.15) is 0 Å². The van der Waals surface area contributed by atoms with Crippen LogP contribution in [0.25, 0.3) is 0 Å². The van der Waals surface area contributed by atoms with Crippen molar-refractivity contribution in [3.05, 3.63) is 120 Å². The van der Waals surface area contributed by atoms with E-state index in [2.05, 4.69) is 0 Å². The van der Waals surface area contributed by atoms with Crippen LogP contribution in [0.2, 0.25) is 0 Å². The van der Waals surface area contributed by atoms with E-state index in [1.165, 1.54) is 42.0 Å². The van der Waals surface area contributed by atoms with Crippen molar-refractivity contribution in [3.8, 4) is 23.0 Å². The number of carbonyl (C=O) groups is 2. The Morgan fingerprint density at radius 1 is 0.556 bits per heavy atom. The van der Waals surface area contributed by atoms with Crippen LogP contribution >= 0.6 is 15.5 Å². The molecule has 0 bridgehead atoms. The van der Waals surface area contributed by atoms with Crippen LogP contribution in [0.5, 0.6) is 23.0 Å². The minimum atomic E-state index is -4.31. The molecule has 2 unspecified atom stereocenters. The van der Waals surface area contributed by atoms with E-state index in [0.717, 1.165) is 34.1 Å². The summed E-state index contributed by atoms with van der Waals surface area (Å²) in [6.45, 7) is 2.51. The fourth-order valence-corrected chi connectivity index (χ4v) is 6.31. The Hall–Kier alpha value is -0.687. The first-order valence-corrected chi connectivity index (χ1v) is 19.7. The third-order valence-corrected chi connectivity index (χ3v) is 12.3. The van der Waals surface area contributed by atoms with Crippen molar-refractivity contribution in [2.45, 2.75) is 39.5 Å². The van der Waals surface area contributed by atoms with Gasteiger partial charge in [0.15, 0.2) is 0 Å². The molecule has 284 valence electrons. The monoisotopic (exact) mass is 834 g/mol. The first kappa shape index (κ1) is 51.3. The largest absolute Gasteiger partial charge is 1.00 e. The van der Waals surface area contributed by atoms with Gasteiger partial charge in [-0.05, 0) is 85.3 Å². The predicted molar refractivity (Wildman–Crippen MR) is 197 cm³/mol. The molecule has 0 saturated heterocycles. The predicted octanol–water partition coefficient (Wildman–Crippen LogP) is 1.27. The number of aryl methyl sites for hydroxylation is 2. The number of nitrogens with zero attached hydrogens (tertiary/aromatic N) is 2. The van der Waals surface area contributed by atoms with Crippen molar-refractivity contribution in [1.29, 1.82) is 0 Å². The maximum Gasteiger partial charge on any atom is 1.00 e. The van der Waals surface area contributed by atoms with Gasteiger partial charge in [0.25, 0.3) is 0 Å². The third kappa shape index (κ3) is 16.3. The third-order valence-electron chi connectivity index (χ3n) is 8.25. The maximum absolute atomic E-state index is 12.1. The van der Waals surface area contributed by atoms with Gasteiger partial charge in [-0.15, -0.1) is 0 Å². The van der Waals surface area contributed by atoms with Crippen molar-refractivity contribution >= 4 is 27.3 Å². The standard InChI is InChI=1S/2C19H24NO5P.2K.2H/c2*1-16(21)20(2,3)26(22,23)24-14-8-10-17-9-7-13-19(15-17)25-18-11-5-4-6-12-18;;;;/h2*4-7,9,11-13,15H,8,10,14H2,1-3H3;;;;/q;;2*+1;2*-1. The summed E-state index contributed by atoms with van der Waals surface area (Å²) in [6, 6.07) is 34.2. The van der Waals surface area contributed by atoms with Crippen molar-refractivity contribution in [2.75, 3.05) is 41.4 Å². The Labute approximate surface area is 407 Å². The molecule has 0 N–H and O–H groups in total. The molecule has 0 spiro atoms. The fourth-order valence-electron chi connectivity index (χ4n) is 4.32. The van der Waals surface area contributed by atoms with Crippen LogP contribution in [0.3, 0.4) is 0 Å². The average molecular weight is 835 g/mol. The van der Waals surface area contributed by atoms with E-state index in [0.29, 0.717) is 25.7 Å². The summed E-state index contributed by atoms with van der Waals surface area (Å²) in [5, 5.41) is 0. The van der Waals surface area contributed by atoms with Gasteiger partial charge >= 0.3 is 130 Å². The molecule has 0 aromatic heterocycles. The number of para-hydroxylation sites is 2. The van der Waals surface area contributed by atoms with E-state index in [9.17, 15) is 28.5 Å². The van der Waals surface area contributed by atoms with E-state index in [1.54, 1.807) is 0 Å². The Kier molecular flexibility index (Phi) is 23.1. The van der Waals surface area contributed by atoms with Gasteiger partial charge < -0.3 is 22.1 Å². The molecule has 2 amide bonds. The zero-order valence-corrected chi connectivity index (χ0v) is 40.5. The summed E-state index contributed by atoms with van der Waals surface area (Å²) in [5.41, 5.74) is 2.03. The number of benzene rings is 4. The first-order valence-electron chi connectivity index (χ1n) is 16.7. The summed E-state index contributed by atoms with van der Waals surface area (Å²) in [7, 11) is -3.41. The SMILES string of the molecule is CC(=O)[N+](C)(C)P(=O)([O-])OCCCc1cccc(Oc2ccccc2)c1.CC(=O)[N+](C)(C)P(=O)([O-])OCCCc1cccc(Oc2ccccc2)c1.[H-].[H-].[K+].[K+]. The van der Waals surface area contributed by atoms with Gasteiger partial charge in [0.05, 0.1) is 55.3 Å². The molecule has 0 radical (unpaired) electrons. The van der Waals surface area contributed by atoms with Gasteiger partial charge in [0, 0.05) is 0 Å². The first-order chi connectivity index (χ1) is 24.4. The minimum Gasteiger partial charge on any atom is -1.00 e. The molecule has 4 rings (SSSR count). The Balaban J connectivity index is 0. The Morgan fingerprint density at radius 3 is 1.19 bits per heavy atom. The zero-order chi connectivity index (χ0) is 38.4. The number of hydrogen-bond acceptors (Lipinski definition) is 10. The second-order valence-electron chi connectivity index (χ2n) is 12.8. The quantitative estimate of drug-likeness (QED) is 0.0918. The van der Waals surface area contributed by atoms with Crippen molar-refractivity contribution in [3.63, 3.8) is 0 Å². The van der Waals surface area contributed by atoms with Gasteiger partial charge in [-0.25, -0.2) is 27.2 Å². The van der Waals surface area contributed by atoms with Crippen LogP contribution in [0.1, 0.15) is 40.7 Å². The number of quaternary nitrogens is 2. The van der Waals surface area contributed by atoms with Crippen molar-refractivity contribution < 1.29 is 161 Å². The topological polar surface area (TPSA) is 151 Å². The molecule has 0 aliphatic rings. The zero-order valence-electron chi connectivity index (χ0n) is 34.5. The van der Waals surface area contributed by atoms with Crippen LogP contribution in [0.15, 0.2) is 109 Å². The summed E-state index contributed by atoms with van der Waals surface area (Å²) in [6.07, 6.45) is 2.30. The number of rotatable bonds is 16. The maximum atomic E-state index is 12.1. The molecular weight excluding hydrogens is 785 g/mol. The molecule has 0 fully saturated rings. The summed E-state index contributed by atoms with van der Waals surface area (Å²) in [4.78, 5) is 47.1. The smallest absolute Gasteiger partial charge is 1.00 e. The van der Waals surface area contributed by atoms with Gasteiger partial charge in [0.1, 0.15) is 23.0 Å². The van der Waals surface area contributed by atoms with Gasteiger partial charge in [-0.3, -0.25) is 9.05 Å². The van der Waals surface area contributed by atoms with Crippen LogP contribution in [0.4, 0.5) is 0 Å². The van der Waals surface area contributed by atoms with E-state index in [4.69, 9.17) is 18.5 Å². The molecule has 0 aliphatic carbocycles. The summed E-state index contributed by atoms with van der Waals surface area (Å²) < 4.78 is 44.2. The van der Waals surface area contributed by atoms with Crippen molar-refractivity contribution in [1.82, 2.24) is 0 Å². The van der Waals surface area contributed by atoms with Gasteiger partial charge in [0.2, 0.25) is 0 Å². The Bertz CT molecular complexity index is 1740. The molecule has 4 aromatic rings. The normalized spacial score (nSPS) is 13.3. The van der Waals surface area contributed by atoms with Crippen LogP contribution < -0.4 is 122 Å². The van der Waals surface area contributed by atoms with Crippen LogP contribution in [0, 0.1) is 0 Å². The minimum absolute atomic E-state index is 0. The average Bonchev–Trinajstić information content (AvgIpc) is 3.10. The molecule has 0 heterocycles. The number of amides is 2. The van der Waals surface area contributed by atoms with E-state index < -0.39 is 35.8 Å². The summed E-state index contributed by atoms with van der Waals surface area (Å²) in [5.74, 6) is 1.97. The molecular formula is C38H50K2N2O10P2. The Morgan fingerprint density at radius 2 is 0.870 bits per heavy atom. The van der Waals surface area contributed by atoms with Gasteiger partial charge in [-0.1, -0.05) is 60.7 Å². The second-order valence-corrected chi connectivity index (χ2v) is 17.2. The van der Waals surface area contributed by atoms with E-state index >= 15 is 0 Å². The second kappa shape index (κ2) is 24.3.